The molecule has 116 valence electrons. The third kappa shape index (κ3) is 2.84. The molecule has 0 radical (unpaired) electrons. The monoisotopic (exact) mass is 292 g/mol. The lowest BCUT2D eigenvalue weighted by molar-refractivity contribution is -0.0375. The van der Waals surface area contributed by atoms with Crippen molar-refractivity contribution in [2.75, 3.05) is 6.61 Å². The number of aromatic nitrogens is 1. The van der Waals surface area contributed by atoms with Crippen LogP contribution in [0.25, 0.3) is 0 Å². The van der Waals surface area contributed by atoms with Crippen LogP contribution in [0.1, 0.15) is 74.5 Å². The lowest BCUT2D eigenvalue weighted by Gasteiger charge is -2.37. The zero-order valence-corrected chi connectivity index (χ0v) is 12.9. The summed E-state index contributed by atoms with van der Waals surface area (Å²) in [7, 11) is 0. The van der Waals surface area contributed by atoms with Gasteiger partial charge in [-0.3, -0.25) is 4.79 Å². The first-order chi connectivity index (χ1) is 10.1. The van der Waals surface area contributed by atoms with Gasteiger partial charge in [-0.25, -0.2) is 0 Å². The number of carbonyl (C=O) groups is 1. The standard InChI is InChI=1S/C16H24N2O3/c1-11(2)13-10-12(18-21-13)15(19)17-14-6-9-20-16(14)7-4-3-5-8-16/h10-11,14H,3-9H2,1-2H3,(H,17,19). The highest BCUT2D eigenvalue weighted by atomic mass is 16.5. The van der Waals surface area contributed by atoms with Crippen molar-refractivity contribution in [1.29, 1.82) is 0 Å². The number of ether oxygens (including phenoxy) is 1. The Kier molecular flexibility index (Phi) is 4.02. The number of carbonyl (C=O) groups excluding carboxylic acids is 1. The minimum atomic E-state index is -0.147. The highest BCUT2D eigenvalue weighted by Gasteiger charge is 2.45. The average Bonchev–Trinajstić information content (AvgIpc) is 3.09. The van der Waals surface area contributed by atoms with Crippen molar-refractivity contribution in [3.05, 3.63) is 17.5 Å². The predicted octanol–water partition coefficient (Wildman–Crippen LogP) is 3.02. The SMILES string of the molecule is CC(C)c1cc(C(=O)NC2CCOC23CCCCC3)no1. The van der Waals surface area contributed by atoms with Gasteiger partial charge in [0, 0.05) is 18.6 Å². The molecule has 1 spiro atoms. The third-order valence-electron chi connectivity index (χ3n) is 4.77. The first kappa shape index (κ1) is 14.6. The van der Waals surface area contributed by atoms with Gasteiger partial charge in [0.25, 0.3) is 5.91 Å². The Morgan fingerprint density at radius 2 is 2.14 bits per heavy atom. The second-order valence-corrected chi connectivity index (χ2v) is 6.56. The van der Waals surface area contributed by atoms with Crippen molar-refractivity contribution in [1.82, 2.24) is 10.5 Å². The van der Waals surface area contributed by atoms with Crippen LogP contribution in [-0.2, 0) is 4.74 Å². The number of nitrogens with zero attached hydrogens (tertiary/aromatic N) is 1. The first-order valence-corrected chi connectivity index (χ1v) is 8.02. The summed E-state index contributed by atoms with van der Waals surface area (Å²) in [4.78, 5) is 12.4. The molecule has 21 heavy (non-hydrogen) atoms. The van der Waals surface area contributed by atoms with Gasteiger partial charge in [-0.2, -0.15) is 0 Å². The Morgan fingerprint density at radius 1 is 1.38 bits per heavy atom. The van der Waals surface area contributed by atoms with Crippen molar-refractivity contribution in [2.24, 2.45) is 0 Å². The summed E-state index contributed by atoms with van der Waals surface area (Å²) in [6.45, 7) is 4.77. The van der Waals surface area contributed by atoms with Crippen LogP contribution in [0.4, 0.5) is 0 Å². The molecule has 1 atom stereocenters. The average molecular weight is 292 g/mol. The van der Waals surface area contributed by atoms with Gasteiger partial charge in [-0.15, -0.1) is 0 Å². The van der Waals surface area contributed by atoms with E-state index in [0.29, 0.717) is 5.69 Å². The molecule has 1 saturated carbocycles. The van der Waals surface area contributed by atoms with E-state index in [1.807, 2.05) is 13.8 Å². The summed E-state index contributed by atoms with van der Waals surface area (Å²) in [6, 6.07) is 1.84. The molecular formula is C16H24N2O3. The fourth-order valence-electron chi connectivity index (χ4n) is 3.49. The minimum absolute atomic E-state index is 0.101. The molecule has 1 aromatic rings. The number of rotatable bonds is 3. The van der Waals surface area contributed by atoms with Crippen molar-refractivity contribution in [3.63, 3.8) is 0 Å². The molecule has 1 saturated heterocycles. The van der Waals surface area contributed by atoms with Gasteiger partial charge in [-0.05, 0) is 19.3 Å². The van der Waals surface area contributed by atoms with Crippen LogP contribution < -0.4 is 5.32 Å². The molecule has 0 aromatic carbocycles. The van der Waals surface area contributed by atoms with E-state index < -0.39 is 0 Å². The summed E-state index contributed by atoms with van der Waals surface area (Å²) in [5.41, 5.74) is 0.231. The second kappa shape index (κ2) is 5.79. The van der Waals surface area contributed by atoms with Crippen LogP contribution in [0.3, 0.4) is 0 Å². The smallest absolute Gasteiger partial charge is 0.273 e. The molecule has 0 bridgehead atoms. The predicted molar refractivity (Wildman–Crippen MR) is 78.2 cm³/mol. The van der Waals surface area contributed by atoms with Crippen molar-refractivity contribution < 1.29 is 14.1 Å². The fraction of sp³-hybridized carbons (Fsp3) is 0.750. The van der Waals surface area contributed by atoms with Crippen molar-refractivity contribution >= 4 is 5.91 Å². The molecule has 2 fully saturated rings. The van der Waals surface area contributed by atoms with Crippen LogP contribution in [-0.4, -0.2) is 29.3 Å². The van der Waals surface area contributed by atoms with Gasteiger partial charge in [-0.1, -0.05) is 38.3 Å². The Bertz CT molecular complexity index is 503. The van der Waals surface area contributed by atoms with Crippen LogP contribution in [0.2, 0.25) is 0 Å². The van der Waals surface area contributed by atoms with E-state index in [1.54, 1.807) is 6.07 Å². The normalized spacial score (nSPS) is 24.6. The molecular weight excluding hydrogens is 268 g/mol. The summed E-state index contributed by atoms with van der Waals surface area (Å²) in [5.74, 6) is 0.833. The van der Waals surface area contributed by atoms with E-state index in [9.17, 15) is 4.79 Å². The Balaban J connectivity index is 1.68. The molecule has 1 amide bonds. The van der Waals surface area contributed by atoms with Crippen molar-refractivity contribution in [3.8, 4) is 0 Å². The molecule has 5 nitrogen and oxygen atoms in total. The second-order valence-electron chi connectivity index (χ2n) is 6.56. The summed E-state index contributed by atoms with van der Waals surface area (Å²) in [6.07, 6.45) is 6.64. The van der Waals surface area contributed by atoms with Crippen LogP contribution >= 0.6 is 0 Å². The van der Waals surface area contributed by atoms with E-state index in [4.69, 9.17) is 9.26 Å². The van der Waals surface area contributed by atoms with Crippen LogP contribution in [0.15, 0.2) is 10.6 Å². The maximum absolute atomic E-state index is 12.4. The first-order valence-electron chi connectivity index (χ1n) is 8.02. The Hall–Kier alpha value is -1.36. The topological polar surface area (TPSA) is 64.4 Å². The molecule has 3 rings (SSSR count). The molecule has 1 unspecified atom stereocenters. The number of hydrogen-bond acceptors (Lipinski definition) is 4. The molecule has 2 aliphatic rings. The Morgan fingerprint density at radius 3 is 2.81 bits per heavy atom. The largest absolute Gasteiger partial charge is 0.373 e. The van der Waals surface area contributed by atoms with Crippen LogP contribution in [0.5, 0.6) is 0 Å². The molecule has 2 heterocycles. The summed E-state index contributed by atoms with van der Waals surface area (Å²) >= 11 is 0. The fourth-order valence-corrected chi connectivity index (χ4v) is 3.49. The van der Waals surface area contributed by atoms with E-state index in [0.717, 1.165) is 31.6 Å². The van der Waals surface area contributed by atoms with Gasteiger partial charge in [0.05, 0.1) is 11.6 Å². The Labute approximate surface area is 125 Å². The number of amides is 1. The molecule has 1 aliphatic carbocycles. The zero-order chi connectivity index (χ0) is 14.9. The van der Waals surface area contributed by atoms with E-state index in [-0.39, 0.29) is 23.5 Å². The van der Waals surface area contributed by atoms with E-state index in [1.165, 1.54) is 19.3 Å². The van der Waals surface area contributed by atoms with Gasteiger partial charge in [0.1, 0.15) is 5.76 Å². The molecule has 1 aliphatic heterocycles. The van der Waals surface area contributed by atoms with Crippen LogP contribution in [0, 0.1) is 0 Å². The highest BCUT2D eigenvalue weighted by molar-refractivity contribution is 5.92. The number of nitrogens with one attached hydrogen (secondary N) is 1. The number of hydrogen-bond donors (Lipinski definition) is 1. The third-order valence-corrected chi connectivity index (χ3v) is 4.77. The molecule has 5 heteroatoms. The summed E-state index contributed by atoms with van der Waals surface area (Å²) < 4.78 is 11.2. The lowest BCUT2D eigenvalue weighted by Crippen LogP contribution is -2.51. The lowest BCUT2D eigenvalue weighted by atomic mass is 9.79. The summed E-state index contributed by atoms with van der Waals surface area (Å²) in [5, 5.41) is 7.01. The highest BCUT2D eigenvalue weighted by Crippen LogP contribution is 2.39. The van der Waals surface area contributed by atoms with Gasteiger partial charge >= 0.3 is 0 Å². The maximum atomic E-state index is 12.4. The van der Waals surface area contributed by atoms with Crippen molar-refractivity contribution in [2.45, 2.75) is 69.9 Å². The van der Waals surface area contributed by atoms with Gasteiger partial charge < -0.3 is 14.6 Å². The van der Waals surface area contributed by atoms with Gasteiger partial charge in [0.2, 0.25) is 0 Å². The van der Waals surface area contributed by atoms with Gasteiger partial charge in [0.15, 0.2) is 5.69 Å². The minimum Gasteiger partial charge on any atom is -0.373 e. The van der Waals surface area contributed by atoms with E-state index >= 15 is 0 Å². The molecule has 1 aromatic heterocycles. The van der Waals surface area contributed by atoms with E-state index in [2.05, 4.69) is 10.5 Å². The maximum Gasteiger partial charge on any atom is 0.273 e. The zero-order valence-electron chi connectivity index (χ0n) is 12.9. The molecule has 1 N–H and O–H groups in total. The quantitative estimate of drug-likeness (QED) is 0.930.